The van der Waals surface area contributed by atoms with Crippen molar-refractivity contribution in [3.8, 4) is 28.6 Å². The van der Waals surface area contributed by atoms with Gasteiger partial charge in [-0.05, 0) is 47.5 Å². The molecule has 150 valence electrons. The summed E-state index contributed by atoms with van der Waals surface area (Å²) in [6, 6.07) is 11.0. The molecule has 0 spiro atoms. The molecular weight excluding hydrogens is 374 g/mol. The van der Waals surface area contributed by atoms with Gasteiger partial charge in [0.15, 0.2) is 17.3 Å². The van der Waals surface area contributed by atoms with E-state index in [1.807, 2.05) is 28.9 Å². The lowest BCUT2D eigenvalue weighted by Gasteiger charge is -2.14. The van der Waals surface area contributed by atoms with Crippen LogP contribution in [-0.2, 0) is 0 Å². The van der Waals surface area contributed by atoms with Gasteiger partial charge in [0, 0.05) is 16.8 Å². The minimum absolute atomic E-state index is 0.303. The number of tetrazole rings is 1. The summed E-state index contributed by atoms with van der Waals surface area (Å²) in [5.41, 5.74) is 1.85. The van der Waals surface area contributed by atoms with Crippen molar-refractivity contribution >= 4 is 11.6 Å². The van der Waals surface area contributed by atoms with Crippen molar-refractivity contribution in [2.45, 2.75) is 18.9 Å². The SMILES string of the molecule is COc1cc(C(=O)Nc2cccc(-c3nnnn3C3CC3)c2)cc(OC)c1OC. The summed E-state index contributed by atoms with van der Waals surface area (Å²) >= 11 is 0. The molecule has 9 heteroatoms. The first-order valence-corrected chi connectivity index (χ1v) is 9.14. The molecule has 1 heterocycles. The fourth-order valence-electron chi connectivity index (χ4n) is 3.10. The van der Waals surface area contributed by atoms with Gasteiger partial charge < -0.3 is 19.5 Å². The number of aromatic nitrogens is 4. The molecule has 1 aliphatic rings. The van der Waals surface area contributed by atoms with Gasteiger partial charge in [-0.3, -0.25) is 4.79 Å². The lowest BCUT2D eigenvalue weighted by molar-refractivity contribution is 0.102. The Morgan fingerprint density at radius 3 is 2.41 bits per heavy atom. The van der Waals surface area contributed by atoms with E-state index in [0.29, 0.717) is 40.4 Å². The second-order valence-electron chi connectivity index (χ2n) is 6.63. The highest BCUT2D eigenvalue weighted by atomic mass is 16.5. The van der Waals surface area contributed by atoms with Crippen LogP contribution < -0.4 is 19.5 Å². The third kappa shape index (κ3) is 3.71. The Hall–Kier alpha value is -3.62. The second kappa shape index (κ2) is 7.78. The van der Waals surface area contributed by atoms with Gasteiger partial charge in [-0.15, -0.1) is 5.10 Å². The summed E-state index contributed by atoms with van der Waals surface area (Å²) in [6.07, 6.45) is 2.16. The molecule has 0 saturated heterocycles. The number of nitrogens with one attached hydrogen (secondary N) is 1. The van der Waals surface area contributed by atoms with Crippen LogP contribution >= 0.6 is 0 Å². The molecule has 0 aliphatic heterocycles. The minimum Gasteiger partial charge on any atom is -0.493 e. The third-order valence-electron chi connectivity index (χ3n) is 4.69. The van der Waals surface area contributed by atoms with Crippen molar-refractivity contribution in [2.75, 3.05) is 26.6 Å². The average Bonchev–Trinajstić information content (AvgIpc) is 3.48. The number of amides is 1. The largest absolute Gasteiger partial charge is 0.493 e. The second-order valence-corrected chi connectivity index (χ2v) is 6.63. The Morgan fingerprint density at radius 1 is 1.07 bits per heavy atom. The highest BCUT2D eigenvalue weighted by molar-refractivity contribution is 6.05. The molecule has 29 heavy (non-hydrogen) atoms. The van der Waals surface area contributed by atoms with Crippen LogP contribution in [0.15, 0.2) is 36.4 Å². The monoisotopic (exact) mass is 395 g/mol. The third-order valence-corrected chi connectivity index (χ3v) is 4.69. The van der Waals surface area contributed by atoms with E-state index in [1.54, 1.807) is 12.1 Å². The molecule has 9 nitrogen and oxygen atoms in total. The van der Waals surface area contributed by atoms with Crippen molar-refractivity contribution in [1.29, 1.82) is 0 Å². The minimum atomic E-state index is -0.303. The van der Waals surface area contributed by atoms with E-state index in [0.717, 1.165) is 18.4 Å². The number of methoxy groups -OCH3 is 3. The van der Waals surface area contributed by atoms with Crippen LogP contribution in [0.5, 0.6) is 17.2 Å². The number of hydrogen-bond acceptors (Lipinski definition) is 7. The number of hydrogen-bond donors (Lipinski definition) is 1. The number of ether oxygens (including phenoxy) is 3. The van der Waals surface area contributed by atoms with E-state index in [4.69, 9.17) is 14.2 Å². The molecule has 0 atom stereocenters. The van der Waals surface area contributed by atoms with Gasteiger partial charge in [0.2, 0.25) is 5.75 Å². The van der Waals surface area contributed by atoms with Crippen LogP contribution in [0.3, 0.4) is 0 Å². The zero-order valence-corrected chi connectivity index (χ0v) is 16.4. The van der Waals surface area contributed by atoms with Gasteiger partial charge in [-0.25, -0.2) is 4.68 Å². The van der Waals surface area contributed by atoms with Crippen LogP contribution in [0.25, 0.3) is 11.4 Å². The van der Waals surface area contributed by atoms with Gasteiger partial charge in [-0.2, -0.15) is 0 Å². The summed E-state index contributed by atoms with van der Waals surface area (Å²) in [4.78, 5) is 12.8. The summed E-state index contributed by atoms with van der Waals surface area (Å²) in [7, 11) is 4.53. The highest BCUT2D eigenvalue weighted by Crippen LogP contribution is 2.39. The maximum Gasteiger partial charge on any atom is 0.255 e. The number of benzene rings is 2. The van der Waals surface area contributed by atoms with Crippen LogP contribution in [0.2, 0.25) is 0 Å². The zero-order valence-electron chi connectivity index (χ0n) is 16.4. The summed E-state index contributed by atoms with van der Waals surface area (Å²) in [6.45, 7) is 0. The number of anilines is 1. The summed E-state index contributed by atoms with van der Waals surface area (Å²) in [5.74, 6) is 1.64. The Kier molecular flexibility index (Phi) is 5.03. The maximum absolute atomic E-state index is 12.8. The van der Waals surface area contributed by atoms with E-state index in [1.165, 1.54) is 21.3 Å². The molecule has 0 bridgehead atoms. The van der Waals surface area contributed by atoms with Crippen molar-refractivity contribution in [2.24, 2.45) is 0 Å². The number of carbonyl (C=O) groups excluding carboxylic acids is 1. The van der Waals surface area contributed by atoms with E-state index in [9.17, 15) is 4.79 Å². The molecule has 4 rings (SSSR count). The van der Waals surface area contributed by atoms with E-state index >= 15 is 0 Å². The molecule has 0 unspecified atom stereocenters. The lowest BCUT2D eigenvalue weighted by atomic mass is 10.1. The first-order chi connectivity index (χ1) is 14.1. The Balaban J connectivity index is 1.60. The molecule has 1 saturated carbocycles. The predicted molar refractivity (Wildman–Crippen MR) is 106 cm³/mol. The molecule has 1 amide bonds. The van der Waals surface area contributed by atoms with Crippen molar-refractivity contribution in [3.63, 3.8) is 0 Å². The van der Waals surface area contributed by atoms with E-state index < -0.39 is 0 Å². The standard InChI is InChI=1S/C20H21N5O4/c1-27-16-10-13(11-17(28-2)18(16)29-3)20(26)21-14-6-4-5-12(9-14)19-22-23-24-25(19)15-7-8-15/h4-6,9-11,15H,7-8H2,1-3H3,(H,21,26). The Labute approximate surface area is 167 Å². The van der Waals surface area contributed by atoms with Gasteiger partial charge in [0.1, 0.15) is 0 Å². The number of rotatable bonds is 7. The summed E-state index contributed by atoms with van der Waals surface area (Å²) in [5, 5.41) is 14.9. The zero-order chi connectivity index (χ0) is 20.4. The normalized spacial score (nSPS) is 13.1. The van der Waals surface area contributed by atoms with Crippen molar-refractivity contribution < 1.29 is 19.0 Å². The van der Waals surface area contributed by atoms with E-state index in [2.05, 4.69) is 20.8 Å². The van der Waals surface area contributed by atoms with Crippen molar-refractivity contribution in [1.82, 2.24) is 20.2 Å². The van der Waals surface area contributed by atoms with Crippen LogP contribution in [-0.4, -0.2) is 47.4 Å². The number of nitrogens with zero attached hydrogens (tertiary/aromatic N) is 4. The maximum atomic E-state index is 12.8. The molecule has 1 aliphatic carbocycles. The first kappa shape index (κ1) is 18.7. The Morgan fingerprint density at radius 2 is 1.79 bits per heavy atom. The first-order valence-electron chi connectivity index (χ1n) is 9.14. The molecule has 1 aromatic heterocycles. The van der Waals surface area contributed by atoms with E-state index in [-0.39, 0.29) is 5.91 Å². The van der Waals surface area contributed by atoms with Gasteiger partial charge in [-0.1, -0.05) is 12.1 Å². The Bertz CT molecular complexity index is 1020. The molecule has 1 fully saturated rings. The smallest absolute Gasteiger partial charge is 0.255 e. The van der Waals surface area contributed by atoms with Crippen LogP contribution in [0.1, 0.15) is 29.2 Å². The fourth-order valence-corrected chi connectivity index (χ4v) is 3.10. The molecular formula is C20H21N5O4. The highest BCUT2D eigenvalue weighted by Gasteiger charge is 2.28. The van der Waals surface area contributed by atoms with Gasteiger partial charge in [0.05, 0.1) is 27.4 Å². The van der Waals surface area contributed by atoms with Crippen molar-refractivity contribution in [3.05, 3.63) is 42.0 Å². The van der Waals surface area contributed by atoms with Crippen LogP contribution in [0.4, 0.5) is 5.69 Å². The predicted octanol–water partition coefficient (Wildman–Crippen LogP) is 2.95. The lowest BCUT2D eigenvalue weighted by Crippen LogP contribution is -2.12. The average molecular weight is 395 g/mol. The molecule has 2 aromatic carbocycles. The van der Waals surface area contributed by atoms with Crippen LogP contribution in [0, 0.1) is 0 Å². The molecule has 0 radical (unpaired) electrons. The topological polar surface area (TPSA) is 100 Å². The van der Waals surface area contributed by atoms with Gasteiger partial charge in [0.25, 0.3) is 5.91 Å². The summed E-state index contributed by atoms with van der Waals surface area (Å²) < 4.78 is 17.8. The quantitative estimate of drug-likeness (QED) is 0.656. The molecule has 3 aromatic rings. The molecule has 1 N–H and O–H groups in total. The number of carbonyl (C=O) groups is 1. The fraction of sp³-hybridized carbons (Fsp3) is 0.300. The van der Waals surface area contributed by atoms with Gasteiger partial charge >= 0.3 is 0 Å².